The van der Waals surface area contributed by atoms with Crippen molar-refractivity contribution in [3.05, 3.63) is 144 Å². The predicted molar refractivity (Wildman–Crippen MR) is 177 cm³/mol. The Morgan fingerprint density at radius 1 is 0.558 bits per heavy atom. The van der Waals surface area contributed by atoms with Crippen LogP contribution in [0.1, 0.15) is 5.56 Å². The summed E-state index contributed by atoms with van der Waals surface area (Å²) in [6.07, 6.45) is 1.90. The highest BCUT2D eigenvalue weighted by Crippen LogP contribution is 2.38. The second-order valence-electron chi connectivity index (χ2n) is 9.64. The smallest absolute Gasteiger partial charge is 0.286 e. The molecule has 1 aliphatic heterocycles. The van der Waals surface area contributed by atoms with Crippen molar-refractivity contribution in [2.45, 2.75) is 0 Å². The molecule has 43 heavy (non-hydrogen) atoms. The second-order valence-corrected chi connectivity index (χ2v) is 10.6. The zero-order chi connectivity index (χ0) is 29.6. The third-order valence-corrected chi connectivity index (χ3v) is 7.91. The summed E-state index contributed by atoms with van der Waals surface area (Å²) in [6, 6.07) is 43.9. The van der Waals surface area contributed by atoms with Crippen molar-refractivity contribution in [3.63, 3.8) is 0 Å². The average Bonchev–Trinajstić information content (AvgIpc) is 3.42. The van der Waals surface area contributed by atoms with E-state index in [2.05, 4.69) is 9.89 Å². The monoisotopic (exact) mass is 583 g/mol. The fraction of sp³-hybridized carbons (Fsp3) is 0.0556. The van der Waals surface area contributed by atoms with Crippen LogP contribution in [0.3, 0.4) is 0 Å². The van der Waals surface area contributed by atoms with E-state index in [1.807, 2.05) is 144 Å². The van der Waals surface area contributed by atoms with E-state index >= 15 is 0 Å². The molecular weight excluding hydrogens is 554 g/mol. The Morgan fingerprint density at radius 2 is 0.977 bits per heavy atom. The minimum atomic E-state index is -0.251. The van der Waals surface area contributed by atoms with Crippen LogP contribution in [0.25, 0.3) is 6.08 Å². The average molecular weight is 584 g/mol. The molecule has 6 nitrogen and oxygen atoms in total. The van der Waals surface area contributed by atoms with Gasteiger partial charge in [0, 0.05) is 28.4 Å². The first-order valence-corrected chi connectivity index (χ1v) is 14.6. The van der Waals surface area contributed by atoms with Gasteiger partial charge in [-0.05, 0) is 108 Å². The van der Waals surface area contributed by atoms with Gasteiger partial charge in [0.2, 0.25) is 0 Å². The number of benzene rings is 5. The number of para-hydroxylation sites is 2. The lowest BCUT2D eigenvalue weighted by Crippen LogP contribution is -2.21. The molecule has 0 aliphatic carbocycles. The van der Waals surface area contributed by atoms with Gasteiger partial charge in [-0.25, -0.2) is 0 Å². The minimum absolute atomic E-state index is 0.251. The second kappa shape index (κ2) is 12.7. The topological polar surface area (TPSA) is 54.4 Å². The molecule has 1 heterocycles. The first-order chi connectivity index (χ1) is 21.1. The van der Waals surface area contributed by atoms with Crippen LogP contribution in [0.15, 0.2) is 143 Å². The van der Waals surface area contributed by atoms with Crippen LogP contribution in [0.4, 0.5) is 28.4 Å². The van der Waals surface area contributed by atoms with Gasteiger partial charge in [-0.2, -0.15) is 4.99 Å². The van der Waals surface area contributed by atoms with Gasteiger partial charge in [-0.3, -0.25) is 9.69 Å². The molecule has 0 saturated heterocycles. The zero-order valence-electron chi connectivity index (χ0n) is 23.8. The number of amidine groups is 1. The standard InChI is InChI=1S/C36H29N3O3S/c1-41-32-21-17-30(18-22-32)38(31-19-23-33(42-2)24-20-31)29-15-13-26(14-16-29)25-34-35(40)37-36(43-34)39(27-9-5-3-6-10-27)28-11-7-4-8-12-28/h3-25H,1-2H3/b34-25+. The maximum atomic E-state index is 13.1. The SMILES string of the molecule is COc1ccc(N(c2ccc(/C=C3/SC(N(c4ccccc4)c4ccccc4)=NC3=O)cc2)c2ccc(OC)cc2)cc1. The summed E-state index contributed by atoms with van der Waals surface area (Å²) in [4.78, 5) is 22.3. The van der Waals surface area contributed by atoms with Crippen LogP contribution in [0, 0.1) is 0 Å². The fourth-order valence-corrected chi connectivity index (χ4v) is 5.75. The number of thioether (sulfide) groups is 1. The summed E-state index contributed by atoms with van der Waals surface area (Å²) in [5, 5.41) is 0.621. The molecule has 0 bridgehead atoms. The van der Waals surface area contributed by atoms with Crippen LogP contribution in [0.2, 0.25) is 0 Å². The van der Waals surface area contributed by atoms with Gasteiger partial charge < -0.3 is 14.4 Å². The summed E-state index contributed by atoms with van der Waals surface area (Å²) in [7, 11) is 3.32. The maximum absolute atomic E-state index is 13.1. The molecule has 0 saturated carbocycles. The number of rotatable bonds is 8. The molecule has 0 unspecified atom stereocenters. The number of aliphatic imine (C=N–C) groups is 1. The van der Waals surface area contributed by atoms with Crippen LogP contribution in [-0.4, -0.2) is 25.3 Å². The lowest BCUT2D eigenvalue weighted by molar-refractivity contribution is -0.113. The third kappa shape index (κ3) is 6.17. The number of anilines is 5. The first-order valence-electron chi connectivity index (χ1n) is 13.7. The number of hydrogen-bond acceptors (Lipinski definition) is 6. The largest absolute Gasteiger partial charge is 0.497 e. The quantitative estimate of drug-likeness (QED) is 0.170. The summed E-state index contributed by atoms with van der Waals surface area (Å²) in [5.41, 5.74) is 5.73. The molecule has 0 atom stereocenters. The van der Waals surface area contributed by atoms with Crippen LogP contribution in [-0.2, 0) is 4.79 Å². The van der Waals surface area contributed by atoms with Crippen molar-refractivity contribution in [1.82, 2.24) is 0 Å². The first kappa shape index (κ1) is 27.9. The molecule has 0 N–H and O–H groups in total. The van der Waals surface area contributed by atoms with E-state index in [9.17, 15) is 4.79 Å². The van der Waals surface area contributed by atoms with Crippen molar-refractivity contribution in [3.8, 4) is 11.5 Å². The Bertz CT molecular complexity index is 1670. The van der Waals surface area contributed by atoms with Crippen molar-refractivity contribution in [1.29, 1.82) is 0 Å². The van der Waals surface area contributed by atoms with Gasteiger partial charge in [-0.15, -0.1) is 0 Å². The Morgan fingerprint density at radius 3 is 1.42 bits per heavy atom. The molecule has 1 amide bonds. The van der Waals surface area contributed by atoms with E-state index in [1.54, 1.807) is 14.2 Å². The number of hydrogen-bond donors (Lipinski definition) is 0. The molecule has 0 radical (unpaired) electrons. The summed E-state index contributed by atoms with van der Waals surface area (Å²) in [6.45, 7) is 0. The molecule has 1 aliphatic rings. The molecule has 0 aromatic heterocycles. The molecular formula is C36H29N3O3S. The third-order valence-electron chi connectivity index (χ3n) is 6.94. The van der Waals surface area contributed by atoms with Gasteiger partial charge >= 0.3 is 0 Å². The van der Waals surface area contributed by atoms with Crippen molar-refractivity contribution < 1.29 is 14.3 Å². The molecule has 0 spiro atoms. The van der Waals surface area contributed by atoms with E-state index in [1.165, 1.54) is 11.8 Å². The molecule has 5 aromatic rings. The van der Waals surface area contributed by atoms with Crippen molar-refractivity contribution >= 4 is 57.3 Å². The van der Waals surface area contributed by atoms with Crippen molar-refractivity contribution in [2.75, 3.05) is 24.0 Å². The van der Waals surface area contributed by atoms with E-state index < -0.39 is 0 Å². The number of nitrogens with zero attached hydrogens (tertiary/aromatic N) is 3. The summed E-state index contributed by atoms with van der Waals surface area (Å²) >= 11 is 1.38. The van der Waals surface area contributed by atoms with E-state index in [4.69, 9.17) is 9.47 Å². The normalized spacial score (nSPS) is 13.5. The Labute approximate surface area is 255 Å². The molecule has 5 aromatic carbocycles. The molecule has 7 heteroatoms. The number of carbonyl (C=O) groups is 1. The highest BCUT2D eigenvalue weighted by molar-refractivity contribution is 8.18. The predicted octanol–water partition coefficient (Wildman–Crippen LogP) is 8.98. The lowest BCUT2D eigenvalue weighted by atomic mass is 10.1. The Kier molecular flexibility index (Phi) is 8.24. The van der Waals surface area contributed by atoms with Crippen molar-refractivity contribution in [2.24, 2.45) is 4.99 Å². The van der Waals surface area contributed by atoms with Crippen LogP contribution in [0.5, 0.6) is 11.5 Å². The number of amides is 1. The van der Waals surface area contributed by atoms with Gasteiger partial charge in [0.05, 0.1) is 19.1 Å². The Hall–Kier alpha value is -5.27. The van der Waals surface area contributed by atoms with E-state index in [0.717, 1.165) is 45.5 Å². The fourth-order valence-electron chi connectivity index (χ4n) is 4.80. The van der Waals surface area contributed by atoms with Crippen LogP contribution < -0.4 is 19.3 Å². The summed E-state index contributed by atoms with van der Waals surface area (Å²) < 4.78 is 10.7. The Balaban J connectivity index is 1.28. The van der Waals surface area contributed by atoms with Gasteiger partial charge in [0.1, 0.15) is 11.5 Å². The van der Waals surface area contributed by atoms with Gasteiger partial charge in [0.15, 0.2) is 5.17 Å². The minimum Gasteiger partial charge on any atom is -0.497 e. The molecule has 0 fully saturated rings. The number of carbonyl (C=O) groups excluding carboxylic acids is 1. The molecule has 212 valence electrons. The highest BCUT2D eigenvalue weighted by atomic mass is 32.2. The molecule has 6 rings (SSSR count). The van der Waals surface area contributed by atoms with E-state index in [0.29, 0.717) is 10.1 Å². The maximum Gasteiger partial charge on any atom is 0.286 e. The van der Waals surface area contributed by atoms with Crippen LogP contribution >= 0.6 is 11.8 Å². The number of ether oxygens (including phenoxy) is 2. The van der Waals surface area contributed by atoms with E-state index in [-0.39, 0.29) is 5.91 Å². The zero-order valence-corrected chi connectivity index (χ0v) is 24.6. The summed E-state index contributed by atoms with van der Waals surface area (Å²) in [5.74, 6) is 1.33. The number of methoxy groups -OCH3 is 2. The van der Waals surface area contributed by atoms with Gasteiger partial charge in [0.25, 0.3) is 5.91 Å². The lowest BCUT2D eigenvalue weighted by Gasteiger charge is -2.26. The highest BCUT2D eigenvalue weighted by Gasteiger charge is 2.28. The van der Waals surface area contributed by atoms with Gasteiger partial charge in [-0.1, -0.05) is 48.5 Å².